The second-order valence-corrected chi connectivity index (χ2v) is 3.42. The summed E-state index contributed by atoms with van der Waals surface area (Å²) < 4.78 is 0. The number of amides is 2. The molecule has 0 radical (unpaired) electrons. The highest BCUT2D eigenvalue weighted by molar-refractivity contribution is 5.88. The Morgan fingerprint density at radius 3 is 1.92 bits per heavy atom. The molecule has 2 amide bonds. The number of hydrogen-bond acceptors (Lipinski definition) is 3. The predicted molar refractivity (Wildman–Crippen MR) is 49.6 cm³/mol. The lowest BCUT2D eigenvalue weighted by atomic mass is 10.0. The van der Waals surface area contributed by atoms with Crippen molar-refractivity contribution in [1.29, 1.82) is 0 Å². The molecule has 0 heterocycles. The Bertz CT molecular complexity index is 202. The SMILES string of the molecule is CC(C)C(NC(=O)[C@H](C)N)C(N)=O. The van der Waals surface area contributed by atoms with Crippen molar-refractivity contribution in [2.75, 3.05) is 0 Å². The quantitative estimate of drug-likeness (QED) is 0.524. The summed E-state index contributed by atoms with van der Waals surface area (Å²) in [6, 6.07) is -1.26. The van der Waals surface area contributed by atoms with Gasteiger partial charge in [0.25, 0.3) is 0 Å². The number of primary amides is 1. The van der Waals surface area contributed by atoms with E-state index in [0.717, 1.165) is 0 Å². The Kier molecular flexibility index (Phi) is 4.40. The van der Waals surface area contributed by atoms with E-state index in [1.165, 1.54) is 0 Å². The minimum Gasteiger partial charge on any atom is -0.368 e. The molecule has 0 bridgehead atoms. The third kappa shape index (κ3) is 3.89. The maximum Gasteiger partial charge on any atom is 0.240 e. The summed E-state index contributed by atoms with van der Waals surface area (Å²) in [5, 5.41) is 2.48. The zero-order chi connectivity index (χ0) is 10.6. The second kappa shape index (κ2) is 4.81. The van der Waals surface area contributed by atoms with E-state index in [1.807, 2.05) is 0 Å². The van der Waals surface area contributed by atoms with Gasteiger partial charge in [-0.25, -0.2) is 0 Å². The van der Waals surface area contributed by atoms with Crippen LogP contribution in [0.25, 0.3) is 0 Å². The molecule has 5 N–H and O–H groups in total. The summed E-state index contributed by atoms with van der Waals surface area (Å²) in [6.07, 6.45) is 0. The van der Waals surface area contributed by atoms with Crippen molar-refractivity contribution >= 4 is 11.8 Å². The standard InChI is InChI=1S/C8H17N3O2/c1-4(2)6(7(10)12)11-8(13)5(3)9/h4-6H,9H2,1-3H3,(H2,10,12)(H,11,13)/t5-,6?/m0/s1. The molecule has 5 nitrogen and oxygen atoms in total. The summed E-state index contributed by atoms with van der Waals surface area (Å²) in [6.45, 7) is 5.15. The molecule has 13 heavy (non-hydrogen) atoms. The molecule has 0 aromatic carbocycles. The van der Waals surface area contributed by atoms with Gasteiger partial charge in [0.1, 0.15) is 6.04 Å². The predicted octanol–water partition coefficient (Wildman–Crippen LogP) is -1.04. The van der Waals surface area contributed by atoms with Crippen LogP contribution in [-0.4, -0.2) is 23.9 Å². The first kappa shape index (κ1) is 11.9. The van der Waals surface area contributed by atoms with Gasteiger partial charge in [-0.3, -0.25) is 9.59 Å². The fourth-order valence-corrected chi connectivity index (χ4v) is 0.851. The first-order valence-electron chi connectivity index (χ1n) is 4.21. The number of hydrogen-bond donors (Lipinski definition) is 3. The third-order valence-electron chi connectivity index (χ3n) is 1.68. The molecule has 0 spiro atoms. The van der Waals surface area contributed by atoms with Gasteiger partial charge >= 0.3 is 0 Å². The zero-order valence-electron chi connectivity index (χ0n) is 8.20. The van der Waals surface area contributed by atoms with Crippen LogP contribution in [0, 0.1) is 5.92 Å². The van der Waals surface area contributed by atoms with Gasteiger partial charge in [0, 0.05) is 0 Å². The molecule has 0 rings (SSSR count). The highest BCUT2D eigenvalue weighted by Gasteiger charge is 2.22. The van der Waals surface area contributed by atoms with Gasteiger partial charge in [0.05, 0.1) is 6.04 Å². The van der Waals surface area contributed by atoms with Crippen LogP contribution in [0.4, 0.5) is 0 Å². The fourth-order valence-electron chi connectivity index (χ4n) is 0.851. The van der Waals surface area contributed by atoms with Crippen LogP contribution in [-0.2, 0) is 9.59 Å². The number of nitrogens with one attached hydrogen (secondary N) is 1. The topological polar surface area (TPSA) is 98.2 Å². The summed E-state index contributed by atoms with van der Waals surface area (Å²) >= 11 is 0. The Labute approximate surface area is 77.8 Å². The van der Waals surface area contributed by atoms with Crippen molar-refractivity contribution in [2.45, 2.75) is 32.9 Å². The third-order valence-corrected chi connectivity index (χ3v) is 1.68. The molecule has 0 aromatic heterocycles. The van der Waals surface area contributed by atoms with Crippen LogP contribution in [0.5, 0.6) is 0 Å². The number of nitrogens with two attached hydrogens (primary N) is 2. The molecule has 5 heteroatoms. The molecular weight excluding hydrogens is 170 g/mol. The molecule has 0 aromatic rings. The van der Waals surface area contributed by atoms with Crippen molar-refractivity contribution in [1.82, 2.24) is 5.32 Å². The molecular formula is C8H17N3O2. The van der Waals surface area contributed by atoms with Crippen LogP contribution >= 0.6 is 0 Å². The lowest BCUT2D eigenvalue weighted by Gasteiger charge is -2.19. The molecule has 0 saturated carbocycles. The largest absolute Gasteiger partial charge is 0.368 e. The Hall–Kier alpha value is -1.10. The summed E-state index contributed by atoms with van der Waals surface area (Å²) in [7, 11) is 0. The van der Waals surface area contributed by atoms with Gasteiger partial charge < -0.3 is 16.8 Å². The van der Waals surface area contributed by atoms with E-state index >= 15 is 0 Å². The first-order chi connectivity index (χ1) is 5.86. The van der Waals surface area contributed by atoms with Gasteiger partial charge in [0.15, 0.2) is 0 Å². The summed E-state index contributed by atoms with van der Waals surface area (Å²) in [5.74, 6) is -0.929. The Morgan fingerprint density at radius 2 is 1.69 bits per heavy atom. The first-order valence-corrected chi connectivity index (χ1v) is 4.21. The van der Waals surface area contributed by atoms with E-state index in [0.29, 0.717) is 0 Å². The van der Waals surface area contributed by atoms with Crippen molar-refractivity contribution in [3.63, 3.8) is 0 Å². The maximum atomic E-state index is 11.1. The number of carbonyl (C=O) groups excluding carboxylic acids is 2. The molecule has 0 fully saturated rings. The van der Waals surface area contributed by atoms with Gasteiger partial charge in [-0.2, -0.15) is 0 Å². The van der Waals surface area contributed by atoms with E-state index in [-0.39, 0.29) is 11.8 Å². The van der Waals surface area contributed by atoms with Gasteiger partial charge in [-0.15, -0.1) is 0 Å². The maximum absolute atomic E-state index is 11.1. The van der Waals surface area contributed by atoms with Crippen LogP contribution in [0.15, 0.2) is 0 Å². The molecule has 0 saturated heterocycles. The fraction of sp³-hybridized carbons (Fsp3) is 0.750. The zero-order valence-corrected chi connectivity index (χ0v) is 8.20. The average Bonchev–Trinajstić information content (AvgIpc) is 1.97. The highest BCUT2D eigenvalue weighted by Crippen LogP contribution is 2.00. The Morgan fingerprint density at radius 1 is 1.23 bits per heavy atom. The number of rotatable bonds is 4. The van der Waals surface area contributed by atoms with Crippen LogP contribution < -0.4 is 16.8 Å². The molecule has 1 unspecified atom stereocenters. The van der Waals surface area contributed by atoms with Gasteiger partial charge in [-0.05, 0) is 12.8 Å². The molecule has 76 valence electrons. The average molecular weight is 187 g/mol. The van der Waals surface area contributed by atoms with Gasteiger partial charge in [-0.1, -0.05) is 13.8 Å². The van der Waals surface area contributed by atoms with Crippen LogP contribution in [0.2, 0.25) is 0 Å². The minimum absolute atomic E-state index is 0.0276. The minimum atomic E-state index is -0.640. The van der Waals surface area contributed by atoms with E-state index in [1.54, 1.807) is 20.8 Å². The second-order valence-electron chi connectivity index (χ2n) is 3.42. The van der Waals surface area contributed by atoms with Gasteiger partial charge in [0.2, 0.25) is 11.8 Å². The monoisotopic (exact) mass is 187 g/mol. The van der Waals surface area contributed by atoms with Crippen LogP contribution in [0.3, 0.4) is 0 Å². The van der Waals surface area contributed by atoms with Crippen molar-refractivity contribution in [3.8, 4) is 0 Å². The van der Waals surface area contributed by atoms with Crippen molar-refractivity contribution < 1.29 is 9.59 Å². The molecule has 0 aliphatic carbocycles. The highest BCUT2D eigenvalue weighted by atomic mass is 16.2. The summed E-state index contributed by atoms with van der Waals surface area (Å²) in [4.78, 5) is 22.0. The molecule has 0 aliphatic heterocycles. The van der Waals surface area contributed by atoms with E-state index in [9.17, 15) is 9.59 Å². The van der Waals surface area contributed by atoms with E-state index in [4.69, 9.17) is 11.5 Å². The lowest BCUT2D eigenvalue weighted by Crippen LogP contribution is -2.51. The normalized spacial score (nSPS) is 15.2. The molecule has 0 aliphatic rings. The van der Waals surface area contributed by atoms with E-state index in [2.05, 4.69) is 5.32 Å². The number of carbonyl (C=O) groups is 2. The van der Waals surface area contributed by atoms with Crippen molar-refractivity contribution in [3.05, 3.63) is 0 Å². The smallest absolute Gasteiger partial charge is 0.240 e. The van der Waals surface area contributed by atoms with E-state index < -0.39 is 18.0 Å². The molecule has 2 atom stereocenters. The van der Waals surface area contributed by atoms with Crippen LogP contribution in [0.1, 0.15) is 20.8 Å². The Balaban J connectivity index is 4.27. The van der Waals surface area contributed by atoms with Crippen molar-refractivity contribution in [2.24, 2.45) is 17.4 Å². The summed E-state index contributed by atoms with van der Waals surface area (Å²) in [5.41, 5.74) is 10.4. The lowest BCUT2D eigenvalue weighted by molar-refractivity contribution is -0.128.